The molecule has 1 aliphatic rings. The van der Waals surface area contributed by atoms with Crippen molar-refractivity contribution in [1.29, 1.82) is 0 Å². The summed E-state index contributed by atoms with van der Waals surface area (Å²) in [5.74, 6) is 0.243. The summed E-state index contributed by atoms with van der Waals surface area (Å²) < 4.78 is 5.01. The first-order valence-corrected chi connectivity index (χ1v) is 4.28. The molecule has 3 heteroatoms. The number of hydrogen-bond donors (Lipinski definition) is 0. The summed E-state index contributed by atoms with van der Waals surface area (Å²) >= 11 is 0. The van der Waals surface area contributed by atoms with Crippen molar-refractivity contribution in [3.05, 3.63) is 0 Å². The van der Waals surface area contributed by atoms with Crippen molar-refractivity contribution in [3.8, 4) is 0 Å². The van der Waals surface area contributed by atoms with Crippen molar-refractivity contribution in [1.82, 2.24) is 0 Å². The van der Waals surface area contributed by atoms with Crippen LogP contribution in [-0.2, 0) is 14.3 Å². The van der Waals surface area contributed by atoms with Crippen LogP contribution in [0.2, 0.25) is 0 Å². The molecule has 0 amide bonds. The minimum Gasteiger partial charge on any atom is -0.462 e. The Bertz CT molecular complexity index is 196. The molecule has 0 aromatic heterocycles. The summed E-state index contributed by atoms with van der Waals surface area (Å²) in [7, 11) is 0. The van der Waals surface area contributed by atoms with Gasteiger partial charge in [-0.2, -0.15) is 0 Å². The predicted molar refractivity (Wildman–Crippen MR) is 43.6 cm³/mol. The van der Waals surface area contributed by atoms with Gasteiger partial charge in [-0.3, -0.25) is 9.59 Å². The number of carbonyl (C=O) groups excluding carboxylic acids is 2. The second-order valence-corrected chi connectivity index (χ2v) is 3.41. The van der Waals surface area contributed by atoms with Crippen molar-refractivity contribution in [2.75, 3.05) is 0 Å². The Hall–Kier alpha value is -0.860. The van der Waals surface area contributed by atoms with E-state index in [0.29, 0.717) is 18.8 Å². The number of Topliss-reactive ketones (excluding diaryl/α,β-unsaturated/α-hetero) is 1. The first kappa shape index (κ1) is 9.23. The molecule has 0 aromatic rings. The summed E-state index contributed by atoms with van der Waals surface area (Å²) in [6.45, 7) is 3.39. The number of esters is 1. The molecule has 1 aliphatic carbocycles. The highest BCUT2D eigenvalue weighted by molar-refractivity contribution is 5.80. The van der Waals surface area contributed by atoms with Gasteiger partial charge in [-0.25, -0.2) is 0 Å². The van der Waals surface area contributed by atoms with Gasteiger partial charge < -0.3 is 4.74 Å². The van der Waals surface area contributed by atoms with Crippen molar-refractivity contribution < 1.29 is 14.3 Å². The largest absolute Gasteiger partial charge is 0.462 e. The Kier molecular flexibility index (Phi) is 2.84. The van der Waals surface area contributed by atoms with Gasteiger partial charge in [0.15, 0.2) is 0 Å². The Labute approximate surface area is 72.1 Å². The van der Waals surface area contributed by atoms with Crippen LogP contribution in [0.5, 0.6) is 0 Å². The van der Waals surface area contributed by atoms with Crippen LogP contribution in [0, 0.1) is 5.92 Å². The van der Waals surface area contributed by atoms with Gasteiger partial charge in [-0.05, 0) is 12.3 Å². The summed E-state index contributed by atoms with van der Waals surface area (Å²) in [5.41, 5.74) is 0. The van der Waals surface area contributed by atoms with E-state index in [1.807, 2.05) is 6.92 Å². The normalized spacial score (nSPS) is 30.0. The molecule has 12 heavy (non-hydrogen) atoms. The number of rotatable bonds is 1. The zero-order chi connectivity index (χ0) is 9.14. The fraction of sp³-hybridized carbons (Fsp3) is 0.778. The van der Waals surface area contributed by atoms with Crippen LogP contribution < -0.4 is 0 Å². The number of ketones is 1. The molecule has 1 rings (SSSR count). The summed E-state index contributed by atoms with van der Waals surface area (Å²) in [6.07, 6.45) is 1.71. The van der Waals surface area contributed by atoms with Gasteiger partial charge in [0.2, 0.25) is 0 Å². The first-order valence-electron chi connectivity index (χ1n) is 4.28. The lowest BCUT2D eigenvalue weighted by Gasteiger charge is -2.26. The molecule has 0 radical (unpaired) electrons. The van der Waals surface area contributed by atoms with E-state index in [-0.39, 0.29) is 17.9 Å². The molecule has 0 spiro atoms. The van der Waals surface area contributed by atoms with E-state index in [1.165, 1.54) is 6.92 Å². The zero-order valence-corrected chi connectivity index (χ0v) is 7.50. The lowest BCUT2D eigenvalue weighted by molar-refractivity contribution is -0.152. The minimum atomic E-state index is -0.290. The highest BCUT2D eigenvalue weighted by atomic mass is 16.5. The first-order chi connectivity index (χ1) is 5.59. The molecule has 0 bridgehead atoms. The van der Waals surface area contributed by atoms with E-state index in [1.54, 1.807) is 0 Å². The monoisotopic (exact) mass is 170 g/mol. The van der Waals surface area contributed by atoms with Crippen molar-refractivity contribution >= 4 is 11.8 Å². The fourth-order valence-electron chi connectivity index (χ4n) is 1.47. The lowest BCUT2D eigenvalue weighted by Crippen LogP contribution is -2.31. The van der Waals surface area contributed by atoms with Crippen LogP contribution in [0.25, 0.3) is 0 Å². The van der Waals surface area contributed by atoms with Gasteiger partial charge in [-0.15, -0.1) is 0 Å². The van der Waals surface area contributed by atoms with Crippen LogP contribution in [-0.4, -0.2) is 17.9 Å². The van der Waals surface area contributed by atoms with E-state index in [9.17, 15) is 9.59 Å². The average Bonchev–Trinajstić information content (AvgIpc) is 1.96. The van der Waals surface area contributed by atoms with Gasteiger partial charge in [0, 0.05) is 19.8 Å². The second kappa shape index (κ2) is 3.70. The molecular weight excluding hydrogens is 156 g/mol. The lowest BCUT2D eigenvalue weighted by atomic mass is 9.87. The van der Waals surface area contributed by atoms with Crippen molar-refractivity contribution in [2.24, 2.45) is 5.92 Å². The van der Waals surface area contributed by atoms with Gasteiger partial charge in [0.05, 0.1) is 0 Å². The summed E-state index contributed by atoms with van der Waals surface area (Å²) in [4.78, 5) is 21.6. The smallest absolute Gasteiger partial charge is 0.302 e. The minimum absolute atomic E-state index is 0.177. The molecule has 0 aromatic carbocycles. The van der Waals surface area contributed by atoms with E-state index >= 15 is 0 Å². The average molecular weight is 170 g/mol. The van der Waals surface area contributed by atoms with Crippen LogP contribution in [0.4, 0.5) is 0 Å². The number of carbonyl (C=O) groups is 2. The molecule has 2 atom stereocenters. The third kappa shape index (κ3) is 2.32. The van der Waals surface area contributed by atoms with Crippen molar-refractivity contribution in [3.63, 3.8) is 0 Å². The van der Waals surface area contributed by atoms with Gasteiger partial charge in [0.1, 0.15) is 11.9 Å². The Morgan fingerprint density at radius 2 is 2.25 bits per heavy atom. The Balaban J connectivity index is 2.49. The van der Waals surface area contributed by atoms with Gasteiger partial charge in [0.25, 0.3) is 0 Å². The van der Waals surface area contributed by atoms with Crippen LogP contribution >= 0.6 is 0 Å². The highest BCUT2D eigenvalue weighted by Gasteiger charge is 2.28. The summed E-state index contributed by atoms with van der Waals surface area (Å²) in [5, 5.41) is 0. The van der Waals surface area contributed by atoms with Gasteiger partial charge >= 0.3 is 5.97 Å². The maximum Gasteiger partial charge on any atom is 0.302 e. The van der Waals surface area contributed by atoms with E-state index < -0.39 is 0 Å². The molecule has 0 heterocycles. The molecule has 68 valence electrons. The molecule has 3 nitrogen and oxygen atoms in total. The third-order valence-corrected chi connectivity index (χ3v) is 2.26. The molecule has 0 unspecified atom stereocenters. The van der Waals surface area contributed by atoms with Crippen molar-refractivity contribution in [2.45, 2.75) is 39.2 Å². The molecule has 0 saturated heterocycles. The summed E-state index contributed by atoms with van der Waals surface area (Å²) in [6, 6.07) is 0. The highest BCUT2D eigenvalue weighted by Crippen LogP contribution is 2.24. The molecule has 0 aliphatic heterocycles. The molecular formula is C9H14O3. The third-order valence-electron chi connectivity index (χ3n) is 2.26. The standard InChI is InChI=1S/C9H14O3/c1-6-3-4-8(11)5-9(6)12-7(2)10/h6,9H,3-5H2,1-2H3/t6-,9-/m0/s1. The zero-order valence-electron chi connectivity index (χ0n) is 7.50. The molecule has 0 N–H and O–H groups in total. The van der Waals surface area contributed by atoms with Crippen LogP contribution in [0.1, 0.15) is 33.1 Å². The quantitative estimate of drug-likeness (QED) is 0.557. The Morgan fingerprint density at radius 3 is 2.83 bits per heavy atom. The van der Waals surface area contributed by atoms with Crippen LogP contribution in [0.15, 0.2) is 0 Å². The predicted octanol–water partition coefficient (Wildman–Crippen LogP) is 1.31. The Morgan fingerprint density at radius 1 is 1.58 bits per heavy atom. The maximum absolute atomic E-state index is 11.0. The molecule has 1 saturated carbocycles. The second-order valence-electron chi connectivity index (χ2n) is 3.41. The van der Waals surface area contributed by atoms with E-state index in [0.717, 1.165) is 6.42 Å². The number of ether oxygens (including phenoxy) is 1. The molecule has 1 fully saturated rings. The van der Waals surface area contributed by atoms with Gasteiger partial charge in [-0.1, -0.05) is 6.92 Å². The fourth-order valence-corrected chi connectivity index (χ4v) is 1.47. The van der Waals surface area contributed by atoms with E-state index in [4.69, 9.17) is 4.74 Å². The van der Waals surface area contributed by atoms with Crippen LogP contribution in [0.3, 0.4) is 0 Å². The SMILES string of the molecule is CC(=O)O[C@H]1CC(=O)CC[C@@H]1C. The van der Waals surface area contributed by atoms with E-state index in [2.05, 4.69) is 0 Å². The topological polar surface area (TPSA) is 43.4 Å². The maximum atomic E-state index is 11.0. The number of hydrogen-bond acceptors (Lipinski definition) is 3.